The quantitative estimate of drug-likeness (QED) is 0.672. The molecule has 2 atom stereocenters. The predicted molar refractivity (Wildman–Crippen MR) is 49.3 cm³/mol. The molecule has 0 N–H and O–H groups in total. The standard InChI is InChI=1S/C11H16F2O/c12-11(13)4-3-9(7-11)5-8-1-2-10(14)6-8/h8-9H,1-7H2. The molecule has 80 valence electrons. The molecule has 0 aliphatic heterocycles. The Labute approximate surface area is 82.9 Å². The van der Waals surface area contributed by atoms with Gasteiger partial charge in [-0.25, -0.2) is 8.78 Å². The van der Waals surface area contributed by atoms with E-state index in [9.17, 15) is 13.6 Å². The van der Waals surface area contributed by atoms with Gasteiger partial charge in [-0.15, -0.1) is 0 Å². The fraction of sp³-hybridized carbons (Fsp3) is 0.909. The first-order valence-electron chi connectivity index (χ1n) is 5.45. The van der Waals surface area contributed by atoms with Gasteiger partial charge in [0.1, 0.15) is 5.78 Å². The normalized spacial score (nSPS) is 36.6. The number of carbonyl (C=O) groups is 1. The molecule has 3 heteroatoms. The monoisotopic (exact) mass is 202 g/mol. The number of rotatable bonds is 2. The minimum atomic E-state index is -2.42. The van der Waals surface area contributed by atoms with Crippen LogP contribution in [0.15, 0.2) is 0 Å². The molecule has 0 spiro atoms. The molecule has 0 radical (unpaired) electrons. The number of hydrogen-bond donors (Lipinski definition) is 0. The Morgan fingerprint density at radius 2 is 2.07 bits per heavy atom. The summed E-state index contributed by atoms with van der Waals surface area (Å²) in [6.07, 6.45) is 3.85. The van der Waals surface area contributed by atoms with Crippen molar-refractivity contribution in [2.45, 2.75) is 50.9 Å². The van der Waals surface area contributed by atoms with Crippen LogP contribution < -0.4 is 0 Å². The van der Waals surface area contributed by atoms with Gasteiger partial charge in [-0.3, -0.25) is 4.79 Å². The van der Waals surface area contributed by atoms with E-state index in [2.05, 4.69) is 0 Å². The smallest absolute Gasteiger partial charge is 0.248 e. The molecular weight excluding hydrogens is 186 g/mol. The van der Waals surface area contributed by atoms with Crippen molar-refractivity contribution in [3.8, 4) is 0 Å². The first-order valence-corrected chi connectivity index (χ1v) is 5.45. The third kappa shape index (κ3) is 2.31. The number of ketones is 1. The molecule has 2 aliphatic carbocycles. The van der Waals surface area contributed by atoms with Crippen molar-refractivity contribution in [3.63, 3.8) is 0 Å². The molecule has 2 saturated carbocycles. The van der Waals surface area contributed by atoms with Crippen molar-refractivity contribution in [1.29, 1.82) is 0 Å². The molecule has 0 aromatic heterocycles. The highest BCUT2D eigenvalue weighted by Crippen LogP contribution is 2.43. The van der Waals surface area contributed by atoms with Gasteiger partial charge in [-0.05, 0) is 31.1 Å². The third-order valence-corrected chi connectivity index (χ3v) is 3.52. The van der Waals surface area contributed by atoms with Crippen LogP contribution in [0.4, 0.5) is 8.78 Å². The highest BCUT2D eigenvalue weighted by Gasteiger charge is 2.40. The maximum Gasteiger partial charge on any atom is 0.248 e. The van der Waals surface area contributed by atoms with Crippen molar-refractivity contribution in [2.75, 3.05) is 0 Å². The Kier molecular flexibility index (Phi) is 2.58. The van der Waals surface area contributed by atoms with Crippen LogP contribution in [-0.2, 0) is 4.79 Å². The summed E-state index contributed by atoms with van der Waals surface area (Å²) < 4.78 is 25.8. The van der Waals surface area contributed by atoms with E-state index < -0.39 is 5.92 Å². The lowest BCUT2D eigenvalue weighted by atomic mass is 9.92. The number of alkyl halides is 2. The van der Waals surface area contributed by atoms with Gasteiger partial charge in [0.25, 0.3) is 0 Å². The van der Waals surface area contributed by atoms with E-state index in [1.165, 1.54) is 0 Å². The molecule has 2 fully saturated rings. The molecular formula is C11H16F2O. The molecule has 2 aliphatic rings. The summed E-state index contributed by atoms with van der Waals surface area (Å²) in [5.74, 6) is -1.53. The maximum absolute atomic E-state index is 12.9. The molecule has 1 nitrogen and oxygen atoms in total. The number of carbonyl (C=O) groups excluding carboxylic acids is 1. The molecule has 0 aromatic rings. The van der Waals surface area contributed by atoms with Crippen LogP contribution >= 0.6 is 0 Å². The van der Waals surface area contributed by atoms with Gasteiger partial charge >= 0.3 is 0 Å². The molecule has 0 amide bonds. The lowest BCUT2D eigenvalue weighted by Gasteiger charge is -2.14. The van der Waals surface area contributed by atoms with Crippen LogP contribution in [0.3, 0.4) is 0 Å². The fourth-order valence-corrected chi connectivity index (χ4v) is 2.81. The molecule has 0 bridgehead atoms. The Bertz CT molecular complexity index is 237. The molecule has 2 unspecified atom stereocenters. The van der Waals surface area contributed by atoms with Crippen molar-refractivity contribution in [3.05, 3.63) is 0 Å². The molecule has 14 heavy (non-hydrogen) atoms. The second kappa shape index (κ2) is 3.59. The van der Waals surface area contributed by atoms with E-state index >= 15 is 0 Å². The van der Waals surface area contributed by atoms with Crippen molar-refractivity contribution in [1.82, 2.24) is 0 Å². The minimum Gasteiger partial charge on any atom is -0.300 e. The van der Waals surface area contributed by atoms with Crippen LogP contribution in [0.1, 0.15) is 44.9 Å². The van der Waals surface area contributed by atoms with Gasteiger partial charge < -0.3 is 0 Å². The highest BCUT2D eigenvalue weighted by molar-refractivity contribution is 5.80. The lowest BCUT2D eigenvalue weighted by molar-refractivity contribution is -0.117. The van der Waals surface area contributed by atoms with Crippen LogP contribution in [0.5, 0.6) is 0 Å². The second-order valence-electron chi connectivity index (χ2n) is 4.85. The number of halogens is 2. The zero-order valence-corrected chi connectivity index (χ0v) is 8.27. The molecule has 0 saturated heterocycles. The van der Waals surface area contributed by atoms with Gasteiger partial charge in [0, 0.05) is 25.7 Å². The van der Waals surface area contributed by atoms with Gasteiger partial charge in [0.15, 0.2) is 0 Å². The first kappa shape index (κ1) is 10.1. The summed E-state index contributed by atoms with van der Waals surface area (Å²) in [4.78, 5) is 11.0. The van der Waals surface area contributed by atoms with Crippen LogP contribution in [0.2, 0.25) is 0 Å². The Morgan fingerprint density at radius 3 is 2.57 bits per heavy atom. The van der Waals surface area contributed by atoms with Crippen LogP contribution in [0.25, 0.3) is 0 Å². The fourth-order valence-electron chi connectivity index (χ4n) is 2.81. The van der Waals surface area contributed by atoms with E-state index in [1.54, 1.807) is 0 Å². The summed E-state index contributed by atoms with van der Waals surface area (Å²) in [6.45, 7) is 0. The summed E-state index contributed by atoms with van der Waals surface area (Å²) in [5, 5.41) is 0. The van der Waals surface area contributed by atoms with E-state index in [0.717, 1.165) is 12.8 Å². The second-order valence-corrected chi connectivity index (χ2v) is 4.85. The van der Waals surface area contributed by atoms with Gasteiger partial charge in [-0.1, -0.05) is 0 Å². The average Bonchev–Trinajstić information content (AvgIpc) is 2.59. The van der Waals surface area contributed by atoms with E-state index in [-0.39, 0.29) is 18.8 Å². The van der Waals surface area contributed by atoms with Gasteiger partial charge in [0.05, 0.1) is 0 Å². The van der Waals surface area contributed by atoms with Crippen molar-refractivity contribution >= 4 is 5.78 Å². The third-order valence-electron chi connectivity index (χ3n) is 3.52. The average molecular weight is 202 g/mol. The highest BCUT2D eigenvalue weighted by atomic mass is 19.3. The maximum atomic E-state index is 12.9. The summed E-state index contributed by atoms with van der Waals surface area (Å²) in [6, 6.07) is 0. The molecule has 0 heterocycles. The van der Waals surface area contributed by atoms with Gasteiger partial charge in [-0.2, -0.15) is 0 Å². The molecule has 0 aromatic carbocycles. The molecule has 2 rings (SSSR count). The SMILES string of the molecule is O=C1CCC(CC2CCC(F)(F)C2)C1. The first-order chi connectivity index (χ1) is 6.55. The summed E-state index contributed by atoms with van der Waals surface area (Å²) in [7, 11) is 0. The number of Topliss-reactive ketones (excluding diaryl/α,β-unsaturated/α-hetero) is 1. The summed E-state index contributed by atoms with van der Waals surface area (Å²) >= 11 is 0. The Morgan fingerprint density at radius 1 is 1.29 bits per heavy atom. The zero-order chi connectivity index (χ0) is 10.2. The zero-order valence-electron chi connectivity index (χ0n) is 8.27. The van der Waals surface area contributed by atoms with Gasteiger partial charge in [0.2, 0.25) is 5.92 Å². The van der Waals surface area contributed by atoms with E-state index in [4.69, 9.17) is 0 Å². The Hall–Kier alpha value is -0.470. The van der Waals surface area contributed by atoms with Crippen molar-refractivity contribution in [2.24, 2.45) is 11.8 Å². The van der Waals surface area contributed by atoms with Crippen LogP contribution in [0, 0.1) is 11.8 Å². The Balaban J connectivity index is 1.79. The van der Waals surface area contributed by atoms with Crippen molar-refractivity contribution < 1.29 is 13.6 Å². The lowest BCUT2D eigenvalue weighted by Crippen LogP contribution is -2.11. The largest absolute Gasteiger partial charge is 0.300 e. The predicted octanol–water partition coefficient (Wildman–Crippen LogP) is 3.18. The van der Waals surface area contributed by atoms with E-state index in [0.29, 0.717) is 31.0 Å². The van der Waals surface area contributed by atoms with Crippen LogP contribution in [-0.4, -0.2) is 11.7 Å². The minimum absolute atomic E-state index is 0.0533. The summed E-state index contributed by atoms with van der Waals surface area (Å²) in [5.41, 5.74) is 0. The number of hydrogen-bond acceptors (Lipinski definition) is 1. The van der Waals surface area contributed by atoms with E-state index in [1.807, 2.05) is 0 Å². The topological polar surface area (TPSA) is 17.1 Å².